The molecule has 1 fully saturated rings. The van der Waals surface area contributed by atoms with Crippen LogP contribution in [0.15, 0.2) is 53.8 Å². The van der Waals surface area contributed by atoms with Crippen molar-refractivity contribution in [2.45, 2.75) is 71.7 Å². The van der Waals surface area contributed by atoms with Crippen LogP contribution in [-0.4, -0.2) is 56.1 Å². The molecule has 0 radical (unpaired) electrons. The molecule has 2 aliphatic rings. The Morgan fingerprint density at radius 3 is 2.62 bits per heavy atom. The molecular formula is C30H39NO6. The smallest absolute Gasteiger partial charge is 0.341 e. The minimum absolute atomic E-state index is 0.167. The van der Waals surface area contributed by atoms with Gasteiger partial charge in [-0.15, -0.1) is 0 Å². The Morgan fingerprint density at radius 1 is 1.30 bits per heavy atom. The van der Waals surface area contributed by atoms with Crippen molar-refractivity contribution in [2.24, 2.45) is 23.8 Å². The predicted octanol–water partition coefficient (Wildman–Crippen LogP) is 4.10. The van der Waals surface area contributed by atoms with E-state index in [-0.39, 0.29) is 29.1 Å². The van der Waals surface area contributed by atoms with Gasteiger partial charge in [-0.05, 0) is 55.2 Å². The van der Waals surface area contributed by atoms with Crippen molar-refractivity contribution < 1.29 is 29.6 Å². The quantitative estimate of drug-likeness (QED) is 0.414. The molecule has 1 heterocycles. The van der Waals surface area contributed by atoms with E-state index in [1.54, 1.807) is 26.1 Å². The second kappa shape index (κ2) is 9.53. The number of aryl methyl sites for hydroxylation is 1. The fraction of sp³-hybridized carbons (Fsp3) is 0.533. The number of aromatic nitrogens is 1. The van der Waals surface area contributed by atoms with Gasteiger partial charge in [0.1, 0.15) is 11.9 Å². The molecule has 0 amide bonds. The molecule has 0 aliphatic heterocycles. The molecule has 2 aliphatic carbocycles. The molecule has 3 N–H and O–H groups in total. The van der Waals surface area contributed by atoms with Crippen LogP contribution in [0.5, 0.6) is 0 Å². The number of hydrogen-bond donors (Lipinski definition) is 3. The van der Waals surface area contributed by atoms with Gasteiger partial charge in [0.2, 0.25) is 0 Å². The van der Waals surface area contributed by atoms with Crippen molar-refractivity contribution in [2.75, 3.05) is 6.61 Å². The molecule has 5 unspecified atom stereocenters. The molecule has 1 spiro atoms. The van der Waals surface area contributed by atoms with Gasteiger partial charge < -0.3 is 24.6 Å². The number of Topliss-reactive ketones (excluding diaryl/α,β-unsaturated/α-hetero) is 1. The third-order valence-corrected chi connectivity index (χ3v) is 9.08. The fourth-order valence-electron chi connectivity index (χ4n) is 6.32. The van der Waals surface area contributed by atoms with E-state index in [1.807, 2.05) is 49.7 Å². The summed E-state index contributed by atoms with van der Waals surface area (Å²) in [6, 6.07) is 7.44. The average molecular weight is 510 g/mol. The number of fused-ring (bicyclic) bond motifs is 1. The van der Waals surface area contributed by atoms with Crippen LogP contribution in [0, 0.1) is 16.7 Å². The molecule has 0 saturated heterocycles. The van der Waals surface area contributed by atoms with Crippen LogP contribution in [-0.2, 0) is 16.6 Å². The first-order valence-electron chi connectivity index (χ1n) is 13.0. The van der Waals surface area contributed by atoms with Gasteiger partial charge in [-0.25, -0.2) is 4.79 Å². The summed E-state index contributed by atoms with van der Waals surface area (Å²) in [6.45, 7) is 9.04. The number of para-hydroxylation sites is 1. The number of carbonyl (C=O) groups is 2. The number of ketones is 1. The van der Waals surface area contributed by atoms with Crippen molar-refractivity contribution in [3.05, 3.63) is 59.3 Å². The molecule has 200 valence electrons. The maximum absolute atomic E-state index is 14.0. The van der Waals surface area contributed by atoms with Gasteiger partial charge >= 0.3 is 5.97 Å². The van der Waals surface area contributed by atoms with Crippen LogP contribution in [0.4, 0.5) is 0 Å². The molecule has 0 bridgehead atoms. The van der Waals surface area contributed by atoms with Gasteiger partial charge in [0.25, 0.3) is 0 Å². The van der Waals surface area contributed by atoms with Crippen LogP contribution in [0.25, 0.3) is 10.9 Å². The summed E-state index contributed by atoms with van der Waals surface area (Å²) < 4.78 is 7.84. The normalized spacial score (nSPS) is 30.9. The average Bonchev–Trinajstić information content (AvgIpc) is 3.28. The van der Waals surface area contributed by atoms with Crippen molar-refractivity contribution in [3.8, 4) is 0 Å². The zero-order valence-corrected chi connectivity index (χ0v) is 22.6. The number of allylic oxidation sites excluding steroid dienone is 1. The molecule has 37 heavy (non-hydrogen) atoms. The Balaban J connectivity index is 1.83. The van der Waals surface area contributed by atoms with Gasteiger partial charge in [0.15, 0.2) is 11.7 Å². The zero-order chi connectivity index (χ0) is 27.3. The maximum Gasteiger partial charge on any atom is 0.341 e. The summed E-state index contributed by atoms with van der Waals surface area (Å²) in [5.41, 5.74) is -2.09. The molecule has 1 saturated carbocycles. The lowest BCUT2D eigenvalue weighted by Crippen LogP contribution is -2.64. The number of esters is 1. The van der Waals surface area contributed by atoms with Crippen molar-refractivity contribution >= 4 is 22.7 Å². The molecule has 7 heteroatoms. The molecular weight excluding hydrogens is 470 g/mol. The Morgan fingerprint density at radius 2 is 1.97 bits per heavy atom. The third kappa shape index (κ3) is 4.08. The number of aliphatic hydroxyl groups is 3. The van der Waals surface area contributed by atoms with Crippen LogP contribution >= 0.6 is 0 Å². The van der Waals surface area contributed by atoms with Gasteiger partial charge in [-0.2, -0.15) is 0 Å². The van der Waals surface area contributed by atoms with E-state index in [9.17, 15) is 24.9 Å². The Bertz CT molecular complexity index is 1290. The number of benzene rings is 1. The van der Waals surface area contributed by atoms with Crippen LogP contribution in [0.3, 0.4) is 0 Å². The zero-order valence-electron chi connectivity index (χ0n) is 22.6. The van der Waals surface area contributed by atoms with Crippen molar-refractivity contribution in [1.29, 1.82) is 0 Å². The minimum atomic E-state index is -2.18. The van der Waals surface area contributed by atoms with E-state index in [1.165, 1.54) is 6.08 Å². The standard InChI is InChI=1S/C30H39NO6/c1-7-20(17-32)25(34)30(36)26(37-27(35)22-16-31(6)23-11-9-8-10-21(22)23)18(2)14-29(30)13-12-19(3)28(4,5)15-24(29)33/h7-11,14,16,19,25-26,32,34,36H,12-13,15,17H2,1-6H3/b20-7-. The van der Waals surface area contributed by atoms with Gasteiger partial charge in [0, 0.05) is 30.6 Å². The molecule has 1 aromatic carbocycles. The Labute approximate surface area is 218 Å². The minimum Gasteiger partial charge on any atom is -0.451 e. The summed E-state index contributed by atoms with van der Waals surface area (Å²) >= 11 is 0. The van der Waals surface area contributed by atoms with E-state index in [0.29, 0.717) is 29.4 Å². The number of nitrogens with zero attached hydrogens (tertiary/aromatic N) is 1. The van der Waals surface area contributed by atoms with Crippen LogP contribution in [0.1, 0.15) is 64.2 Å². The summed E-state index contributed by atoms with van der Waals surface area (Å²) in [7, 11) is 1.83. The van der Waals surface area contributed by atoms with Crippen molar-refractivity contribution in [3.63, 3.8) is 0 Å². The highest BCUT2D eigenvalue weighted by atomic mass is 16.6. The summed E-state index contributed by atoms with van der Waals surface area (Å²) in [6.07, 6.45) is 3.16. The van der Waals surface area contributed by atoms with Gasteiger partial charge in [-0.3, -0.25) is 4.79 Å². The lowest BCUT2D eigenvalue weighted by Gasteiger charge is -2.46. The molecule has 1 aromatic heterocycles. The van der Waals surface area contributed by atoms with E-state index >= 15 is 0 Å². The third-order valence-electron chi connectivity index (χ3n) is 9.08. The van der Waals surface area contributed by atoms with Crippen LogP contribution < -0.4 is 0 Å². The molecule has 4 rings (SSSR count). The van der Waals surface area contributed by atoms with E-state index in [0.717, 1.165) is 5.52 Å². The predicted molar refractivity (Wildman–Crippen MR) is 142 cm³/mol. The first-order chi connectivity index (χ1) is 17.3. The molecule has 7 nitrogen and oxygen atoms in total. The maximum atomic E-state index is 14.0. The number of hydrogen-bond acceptors (Lipinski definition) is 6. The highest BCUT2D eigenvalue weighted by Crippen LogP contribution is 2.57. The highest BCUT2D eigenvalue weighted by molar-refractivity contribution is 6.04. The Hall–Kier alpha value is -2.74. The molecule has 5 atom stereocenters. The first-order valence-corrected chi connectivity index (χ1v) is 13.0. The fourth-order valence-corrected chi connectivity index (χ4v) is 6.32. The number of ether oxygens (including phenoxy) is 1. The van der Waals surface area contributed by atoms with Crippen LogP contribution in [0.2, 0.25) is 0 Å². The van der Waals surface area contributed by atoms with E-state index in [4.69, 9.17) is 4.74 Å². The summed E-state index contributed by atoms with van der Waals surface area (Å²) in [4.78, 5) is 27.6. The van der Waals surface area contributed by atoms with Gasteiger partial charge in [-0.1, -0.05) is 51.1 Å². The topological polar surface area (TPSA) is 109 Å². The summed E-state index contributed by atoms with van der Waals surface area (Å²) in [5.74, 6) is -0.653. The second-order valence-corrected chi connectivity index (χ2v) is 11.6. The number of aliphatic hydroxyl groups excluding tert-OH is 2. The largest absolute Gasteiger partial charge is 0.451 e. The number of carbonyl (C=O) groups excluding carboxylic acids is 2. The highest BCUT2D eigenvalue weighted by Gasteiger charge is 2.68. The lowest BCUT2D eigenvalue weighted by atomic mass is 9.63. The monoisotopic (exact) mass is 509 g/mol. The van der Waals surface area contributed by atoms with Gasteiger partial charge in [0.05, 0.1) is 17.6 Å². The Kier molecular flexibility index (Phi) is 7.03. The first kappa shape index (κ1) is 27.3. The summed E-state index contributed by atoms with van der Waals surface area (Å²) in [5, 5.41) is 34.8. The lowest BCUT2D eigenvalue weighted by molar-refractivity contribution is -0.182. The second-order valence-electron chi connectivity index (χ2n) is 11.6. The van der Waals surface area contributed by atoms with Crippen molar-refractivity contribution in [1.82, 2.24) is 4.57 Å². The number of rotatable bonds is 5. The van der Waals surface area contributed by atoms with E-state index in [2.05, 4.69) is 6.92 Å². The SMILES string of the molecule is C/C=C(/CO)C(O)C1(O)C(OC(=O)c2cn(C)c3ccccc23)C(C)=CC12CCC(C)C(C)(C)CC2=O. The molecule has 2 aromatic rings. The van der Waals surface area contributed by atoms with E-state index < -0.39 is 35.8 Å².